The van der Waals surface area contributed by atoms with E-state index in [4.69, 9.17) is 22.1 Å². The number of halogens is 1. The van der Waals surface area contributed by atoms with E-state index in [0.29, 0.717) is 16.9 Å². The predicted molar refractivity (Wildman–Crippen MR) is 61.7 cm³/mol. The van der Waals surface area contributed by atoms with E-state index in [2.05, 4.69) is 4.74 Å². The molecule has 1 amide bonds. The average molecular weight is 258 g/mol. The number of benzene rings is 1. The first-order valence-corrected chi connectivity index (χ1v) is 5.26. The maximum Gasteiger partial charge on any atom is 0.404 e. The van der Waals surface area contributed by atoms with Crippen molar-refractivity contribution in [3.8, 4) is 0 Å². The third kappa shape index (κ3) is 4.84. The molecule has 0 spiro atoms. The molecule has 2 N–H and O–H groups in total. The first kappa shape index (κ1) is 13.5. The molecule has 1 atom stereocenters. The largest absolute Gasteiger partial charge is 0.447 e. The molecule has 0 aliphatic carbocycles. The van der Waals surface area contributed by atoms with E-state index >= 15 is 0 Å². The van der Waals surface area contributed by atoms with Crippen LogP contribution in [0.4, 0.5) is 4.79 Å². The molecule has 0 unspecified atom stereocenters. The van der Waals surface area contributed by atoms with E-state index in [1.54, 1.807) is 24.3 Å². The molecule has 0 saturated carbocycles. The zero-order chi connectivity index (χ0) is 12.7. The molecule has 1 aromatic rings. The number of ether oxygens (including phenoxy) is 2. The molecule has 17 heavy (non-hydrogen) atoms. The fraction of sp³-hybridized carbons (Fsp3) is 0.273. The predicted octanol–water partition coefficient (Wildman–Crippen LogP) is 1.69. The monoisotopic (exact) mass is 257 g/mol. The van der Waals surface area contributed by atoms with Gasteiger partial charge in [0.15, 0.2) is 6.29 Å². The van der Waals surface area contributed by atoms with Crippen LogP contribution < -0.4 is 5.73 Å². The summed E-state index contributed by atoms with van der Waals surface area (Å²) in [5.74, 6) is 0. The quantitative estimate of drug-likeness (QED) is 0.621. The summed E-state index contributed by atoms with van der Waals surface area (Å²) in [6.45, 7) is 0.0824. The van der Waals surface area contributed by atoms with Crippen molar-refractivity contribution in [2.75, 3.05) is 13.2 Å². The average Bonchev–Trinajstić information content (AvgIpc) is 2.29. The Kier molecular flexibility index (Phi) is 5.45. The molecular formula is C11H12ClNO4. The maximum absolute atomic E-state index is 10.8. The van der Waals surface area contributed by atoms with Crippen molar-refractivity contribution in [1.29, 1.82) is 0 Å². The number of aldehydes is 1. The molecule has 1 rings (SSSR count). The summed E-state index contributed by atoms with van der Waals surface area (Å²) in [4.78, 5) is 21.1. The zero-order valence-electron chi connectivity index (χ0n) is 8.97. The highest BCUT2D eigenvalue weighted by molar-refractivity contribution is 6.30. The minimum absolute atomic E-state index is 0.000237. The Labute approximate surface area is 103 Å². The summed E-state index contributed by atoms with van der Waals surface area (Å²) in [6, 6.07) is 6.77. The number of carbonyl (C=O) groups excluding carboxylic acids is 2. The summed E-state index contributed by atoms with van der Waals surface area (Å²) < 4.78 is 9.69. The number of hydrogen-bond donors (Lipinski definition) is 1. The van der Waals surface area contributed by atoms with Gasteiger partial charge in [-0.05, 0) is 17.7 Å². The molecule has 0 aliphatic rings. The molecule has 6 heteroatoms. The third-order valence-corrected chi connectivity index (χ3v) is 2.16. The maximum atomic E-state index is 10.8. The standard InChI is InChI=1S/C11H12ClNO4/c12-9-3-1-2-8(6-9)10(7-14)16-4-5-17-11(13)15/h1-3,6-7,10H,4-5H2,(H2,13,15)/t10-/m1/s1. The smallest absolute Gasteiger partial charge is 0.404 e. The Morgan fingerprint density at radius 3 is 2.82 bits per heavy atom. The number of hydrogen-bond acceptors (Lipinski definition) is 4. The van der Waals surface area contributed by atoms with Crippen LogP contribution in [-0.4, -0.2) is 25.6 Å². The Morgan fingerprint density at radius 2 is 2.24 bits per heavy atom. The van der Waals surface area contributed by atoms with Crippen LogP contribution in [0.2, 0.25) is 5.02 Å². The van der Waals surface area contributed by atoms with Gasteiger partial charge in [0.1, 0.15) is 12.7 Å². The van der Waals surface area contributed by atoms with Crippen molar-refractivity contribution in [1.82, 2.24) is 0 Å². The topological polar surface area (TPSA) is 78.6 Å². The lowest BCUT2D eigenvalue weighted by Gasteiger charge is -2.12. The molecule has 92 valence electrons. The minimum Gasteiger partial charge on any atom is -0.447 e. The highest BCUT2D eigenvalue weighted by Crippen LogP contribution is 2.19. The first-order valence-electron chi connectivity index (χ1n) is 4.88. The van der Waals surface area contributed by atoms with E-state index in [0.717, 1.165) is 0 Å². The van der Waals surface area contributed by atoms with Gasteiger partial charge >= 0.3 is 6.09 Å². The first-order chi connectivity index (χ1) is 8.13. The van der Waals surface area contributed by atoms with Crippen molar-refractivity contribution >= 4 is 24.0 Å². The Morgan fingerprint density at radius 1 is 1.47 bits per heavy atom. The summed E-state index contributed by atoms with van der Waals surface area (Å²) in [6.07, 6.45) is -0.958. The van der Waals surface area contributed by atoms with E-state index in [-0.39, 0.29) is 13.2 Å². The molecule has 0 aromatic heterocycles. The SMILES string of the molecule is NC(=O)OCCO[C@H](C=O)c1cccc(Cl)c1. The van der Waals surface area contributed by atoms with Gasteiger partial charge in [-0.1, -0.05) is 23.7 Å². The lowest BCUT2D eigenvalue weighted by atomic mass is 10.1. The fourth-order valence-corrected chi connectivity index (χ4v) is 1.41. The van der Waals surface area contributed by atoms with Crippen molar-refractivity contribution in [2.24, 2.45) is 5.73 Å². The fourth-order valence-electron chi connectivity index (χ4n) is 1.21. The Balaban J connectivity index is 2.48. The van der Waals surface area contributed by atoms with Gasteiger partial charge in [-0.15, -0.1) is 0 Å². The lowest BCUT2D eigenvalue weighted by Crippen LogP contribution is -2.18. The molecule has 0 aliphatic heterocycles. The van der Waals surface area contributed by atoms with Crippen LogP contribution in [0.5, 0.6) is 0 Å². The van der Waals surface area contributed by atoms with Gasteiger partial charge in [0.25, 0.3) is 0 Å². The van der Waals surface area contributed by atoms with E-state index < -0.39 is 12.2 Å². The van der Waals surface area contributed by atoms with Crippen molar-refractivity contribution < 1.29 is 19.1 Å². The Hall–Kier alpha value is -1.59. The number of amides is 1. The van der Waals surface area contributed by atoms with Crippen LogP contribution in [0.1, 0.15) is 11.7 Å². The summed E-state index contributed by atoms with van der Waals surface area (Å²) >= 11 is 5.79. The van der Waals surface area contributed by atoms with E-state index in [1.807, 2.05) is 0 Å². The molecule has 0 saturated heterocycles. The normalized spacial score (nSPS) is 11.8. The van der Waals surface area contributed by atoms with E-state index in [1.165, 1.54) is 0 Å². The summed E-state index contributed by atoms with van der Waals surface area (Å²) in [5.41, 5.74) is 5.41. The molecular weight excluding hydrogens is 246 g/mol. The van der Waals surface area contributed by atoms with Gasteiger partial charge in [-0.3, -0.25) is 0 Å². The molecule has 0 heterocycles. The van der Waals surface area contributed by atoms with Crippen molar-refractivity contribution in [3.05, 3.63) is 34.9 Å². The van der Waals surface area contributed by atoms with Gasteiger partial charge in [-0.2, -0.15) is 0 Å². The van der Waals surface area contributed by atoms with Gasteiger partial charge in [0, 0.05) is 5.02 Å². The van der Waals surface area contributed by atoms with E-state index in [9.17, 15) is 9.59 Å². The molecule has 0 fully saturated rings. The highest BCUT2D eigenvalue weighted by atomic mass is 35.5. The number of nitrogens with two attached hydrogens (primary N) is 1. The second kappa shape index (κ2) is 6.88. The second-order valence-electron chi connectivity index (χ2n) is 3.15. The summed E-state index contributed by atoms with van der Waals surface area (Å²) in [7, 11) is 0. The number of primary amides is 1. The highest BCUT2D eigenvalue weighted by Gasteiger charge is 2.11. The Bertz CT molecular complexity index is 397. The van der Waals surface area contributed by atoms with Crippen LogP contribution in [0.3, 0.4) is 0 Å². The van der Waals surface area contributed by atoms with Crippen LogP contribution >= 0.6 is 11.6 Å². The molecule has 1 aromatic carbocycles. The second-order valence-corrected chi connectivity index (χ2v) is 3.59. The molecule has 5 nitrogen and oxygen atoms in total. The van der Waals surface area contributed by atoms with Crippen LogP contribution in [0.15, 0.2) is 24.3 Å². The summed E-state index contributed by atoms with van der Waals surface area (Å²) in [5, 5.41) is 0.520. The van der Waals surface area contributed by atoms with Gasteiger partial charge in [0.05, 0.1) is 6.61 Å². The van der Waals surface area contributed by atoms with Gasteiger partial charge in [0.2, 0.25) is 0 Å². The van der Waals surface area contributed by atoms with Gasteiger partial charge < -0.3 is 20.0 Å². The van der Waals surface area contributed by atoms with Crippen LogP contribution in [-0.2, 0) is 14.3 Å². The van der Waals surface area contributed by atoms with Crippen LogP contribution in [0, 0.1) is 0 Å². The van der Waals surface area contributed by atoms with Crippen molar-refractivity contribution in [2.45, 2.75) is 6.10 Å². The van der Waals surface area contributed by atoms with Crippen LogP contribution in [0.25, 0.3) is 0 Å². The number of carbonyl (C=O) groups is 2. The zero-order valence-corrected chi connectivity index (χ0v) is 9.72. The molecule has 0 radical (unpaired) electrons. The van der Waals surface area contributed by atoms with Gasteiger partial charge in [-0.25, -0.2) is 4.79 Å². The molecule has 0 bridgehead atoms. The van der Waals surface area contributed by atoms with Crippen molar-refractivity contribution in [3.63, 3.8) is 0 Å². The lowest BCUT2D eigenvalue weighted by molar-refractivity contribution is -0.119. The third-order valence-electron chi connectivity index (χ3n) is 1.93. The number of rotatable bonds is 6. The minimum atomic E-state index is -0.876.